The number of ether oxygens (including phenoxy) is 2. The van der Waals surface area contributed by atoms with Crippen molar-refractivity contribution in [3.05, 3.63) is 40.3 Å². The van der Waals surface area contributed by atoms with E-state index in [0.29, 0.717) is 47.4 Å². The van der Waals surface area contributed by atoms with E-state index in [4.69, 9.17) is 15.2 Å². The van der Waals surface area contributed by atoms with Gasteiger partial charge in [0.15, 0.2) is 11.5 Å². The number of anilines is 1. The molecule has 0 radical (unpaired) electrons. The number of fused-ring (bicyclic) bond motifs is 1. The van der Waals surface area contributed by atoms with Gasteiger partial charge in [-0.15, -0.1) is 11.3 Å². The predicted molar refractivity (Wildman–Crippen MR) is 110 cm³/mol. The first-order valence-electron chi connectivity index (χ1n) is 9.49. The number of rotatable bonds is 8. The lowest BCUT2D eigenvalue weighted by Crippen LogP contribution is -2.19. The zero-order valence-corrected chi connectivity index (χ0v) is 17.1. The minimum atomic E-state index is -0.471. The second-order valence-corrected chi connectivity index (χ2v) is 8.18. The standard InChI is InChI=1S/C21H26N2O4S/c1-13-9-10-14-17(12-13)28-21(19(14)20(22)25)23-18(24)8-5-11-27-16-7-4-3-6-15(16)26-2/h3-4,6-7,13H,5,8-12H2,1-2H3,(H2,22,25)(H,23,24)/t13-/m0/s1. The van der Waals surface area contributed by atoms with Gasteiger partial charge >= 0.3 is 0 Å². The fourth-order valence-electron chi connectivity index (χ4n) is 3.44. The predicted octanol–water partition coefficient (Wildman–Crippen LogP) is 3.78. The van der Waals surface area contributed by atoms with E-state index in [1.165, 1.54) is 16.2 Å². The Morgan fingerprint density at radius 2 is 2.04 bits per heavy atom. The summed E-state index contributed by atoms with van der Waals surface area (Å²) in [5.41, 5.74) is 7.10. The summed E-state index contributed by atoms with van der Waals surface area (Å²) < 4.78 is 10.9. The van der Waals surface area contributed by atoms with E-state index < -0.39 is 5.91 Å². The van der Waals surface area contributed by atoms with Crippen LogP contribution >= 0.6 is 11.3 Å². The van der Waals surface area contributed by atoms with Crippen molar-refractivity contribution in [1.29, 1.82) is 0 Å². The number of primary amides is 1. The van der Waals surface area contributed by atoms with Crippen LogP contribution in [0.1, 0.15) is 47.0 Å². The molecule has 1 atom stereocenters. The first-order valence-corrected chi connectivity index (χ1v) is 10.3. The molecule has 1 heterocycles. The normalized spacial score (nSPS) is 15.6. The number of thiophene rings is 1. The molecule has 2 aromatic rings. The Hall–Kier alpha value is -2.54. The highest BCUT2D eigenvalue weighted by atomic mass is 32.1. The highest BCUT2D eigenvalue weighted by molar-refractivity contribution is 7.17. The minimum Gasteiger partial charge on any atom is -0.493 e. The van der Waals surface area contributed by atoms with Gasteiger partial charge in [0.25, 0.3) is 5.91 Å². The number of hydrogen-bond donors (Lipinski definition) is 2. The number of amides is 2. The first kappa shape index (κ1) is 20.2. The summed E-state index contributed by atoms with van der Waals surface area (Å²) in [6, 6.07) is 7.40. The molecule has 0 unspecified atom stereocenters. The molecule has 0 saturated heterocycles. The quantitative estimate of drug-likeness (QED) is 0.658. The molecule has 150 valence electrons. The van der Waals surface area contributed by atoms with Gasteiger partial charge in [-0.1, -0.05) is 19.1 Å². The van der Waals surface area contributed by atoms with Crippen LogP contribution in [0.5, 0.6) is 11.5 Å². The van der Waals surface area contributed by atoms with E-state index in [0.717, 1.165) is 24.8 Å². The Bertz CT molecular complexity index is 862. The molecule has 0 saturated carbocycles. The van der Waals surface area contributed by atoms with Gasteiger partial charge in [0, 0.05) is 11.3 Å². The van der Waals surface area contributed by atoms with E-state index in [1.807, 2.05) is 24.3 Å². The van der Waals surface area contributed by atoms with Crippen molar-refractivity contribution in [2.45, 2.75) is 39.0 Å². The molecule has 3 N–H and O–H groups in total. The van der Waals surface area contributed by atoms with Crippen molar-refractivity contribution in [1.82, 2.24) is 0 Å². The van der Waals surface area contributed by atoms with Gasteiger partial charge in [0.05, 0.1) is 19.3 Å². The van der Waals surface area contributed by atoms with E-state index in [1.54, 1.807) is 7.11 Å². The minimum absolute atomic E-state index is 0.141. The summed E-state index contributed by atoms with van der Waals surface area (Å²) in [4.78, 5) is 25.5. The van der Waals surface area contributed by atoms with Crippen LogP contribution in [0.15, 0.2) is 24.3 Å². The van der Waals surface area contributed by atoms with Crippen LogP contribution in [0.3, 0.4) is 0 Å². The molecule has 1 aromatic heterocycles. The highest BCUT2D eigenvalue weighted by Gasteiger charge is 2.27. The molecule has 0 spiro atoms. The summed E-state index contributed by atoms with van der Waals surface area (Å²) >= 11 is 1.48. The molecule has 28 heavy (non-hydrogen) atoms. The second-order valence-electron chi connectivity index (χ2n) is 7.07. The number of nitrogens with one attached hydrogen (secondary N) is 1. The summed E-state index contributed by atoms with van der Waals surface area (Å²) in [6.07, 6.45) is 3.67. The third-order valence-corrected chi connectivity index (χ3v) is 6.06. The average Bonchev–Trinajstić information content (AvgIpc) is 3.02. The molecular weight excluding hydrogens is 376 g/mol. The second kappa shape index (κ2) is 9.10. The van der Waals surface area contributed by atoms with Gasteiger partial charge in [-0.3, -0.25) is 9.59 Å². The smallest absolute Gasteiger partial charge is 0.251 e. The summed E-state index contributed by atoms with van der Waals surface area (Å²) in [7, 11) is 1.59. The van der Waals surface area contributed by atoms with Crippen molar-refractivity contribution in [3.8, 4) is 11.5 Å². The van der Waals surface area contributed by atoms with E-state index >= 15 is 0 Å². The molecular formula is C21H26N2O4S. The number of hydrogen-bond acceptors (Lipinski definition) is 5. The van der Waals surface area contributed by atoms with Crippen LogP contribution < -0.4 is 20.5 Å². The average molecular weight is 403 g/mol. The molecule has 1 aliphatic rings. The molecule has 2 amide bonds. The van der Waals surface area contributed by atoms with Crippen LogP contribution in [0.4, 0.5) is 5.00 Å². The van der Waals surface area contributed by atoms with Gasteiger partial charge in [0.1, 0.15) is 5.00 Å². The lowest BCUT2D eigenvalue weighted by Gasteiger charge is -2.18. The number of nitrogens with two attached hydrogens (primary N) is 1. The first-order chi connectivity index (χ1) is 13.5. The van der Waals surface area contributed by atoms with Gasteiger partial charge in [-0.2, -0.15) is 0 Å². The fourth-order valence-corrected chi connectivity index (χ4v) is 4.87. The molecule has 6 nitrogen and oxygen atoms in total. The van der Waals surface area contributed by atoms with E-state index in [2.05, 4.69) is 12.2 Å². The summed E-state index contributed by atoms with van der Waals surface area (Å²) in [5.74, 6) is 1.29. The molecule has 0 aliphatic heterocycles. The van der Waals surface area contributed by atoms with E-state index in [9.17, 15) is 9.59 Å². The molecule has 7 heteroatoms. The van der Waals surface area contributed by atoms with Crippen LogP contribution in [0.2, 0.25) is 0 Å². The maximum Gasteiger partial charge on any atom is 0.251 e. The van der Waals surface area contributed by atoms with Gasteiger partial charge in [-0.05, 0) is 49.3 Å². The van der Waals surface area contributed by atoms with Gasteiger partial charge in [-0.25, -0.2) is 0 Å². The summed E-state index contributed by atoms with van der Waals surface area (Å²) in [6.45, 7) is 2.60. The van der Waals surface area contributed by atoms with Crippen LogP contribution in [-0.2, 0) is 17.6 Å². The fraction of sp³-hybridized carbons (Fsp3) is 0.429. The van der Waals surface area contributed by atoms with Crippen molar-refractivity contribution < 1.29 is 19.1 Å². The monoisotopic (exact) mass is 402 g/mol. The zero-order valence-electron chi connectivity index (χ0n) is 16.2. The maximum atomic E-state index is 12.4. The SMILES string of the molecule is COc1ccccc1OCCCC(=O)Nc1sc2c(c1C(N)=O)CC[C@H](C)C2. The van der Waals surface area contributed by atoms with Crippen molar-refractivity contribution in [3.63, 3.8) is 0 Å². The van der Waals surface area contributed by atoms with E-state index in [-0.39, 0.29) is 5.91 Å². The number of carbonyl (C=O) groups excluding carboxylic acids is 2. The Morgan fingerprint density at radius 3 is 2.75 bits per heavy atom. The lowest BCUT2D eigenvalue weighted by atomic mass is 9.88. The number of methoxy groups -OCH3 is 1. The van der Waals surface area contributed by atoms with Gasteiger partial charge < -0.3 is 20.5 Å². The topological polar surface area (TPSA) is 90.7 Å². The third-order valence-electron chi connectivity index (χ3n) is 4.89. The molecule has 1 aromatic carbocycles. The van der Waals surface area contributed by atoms with Crippen LogP contribution in [-0.4, -0.2) is 25.5 Å². The van der Waals surface area contributed by atoms with Crippen LogP contribution in [0, 0.1) is 5.92 Å². The third kappa shape index (κ3) is 4.65. The Kier molecular flexibility index (Phi) is 6.57. The Morgan fingerprint density at radius 1 is 1.29 bits per heavy atom. The van der Waals surface area contributed by atoms with Crippen molar-refractivity contribution in [2.75, 3.05) is 19.0 Å². The molecule has 3 rings (SSSR count). The molecule has 0 fully saturated rings. The van der Waals surface area contributed by atoms with Gasteiger partial charge in [0.2, 0.25) is 5.91 Å². The number of carbonyl (C=O) groups is 2. The lowest BCUT2D eigenvalue weighted by molar-refractivity contribution is -0.116. The molecule has 0 bridgehead atoms. The molecule has 1 aliphatic carbocycles. The number of para-hydroxylation sites is 2. The van der Waals surface area contributed by atoms with Crippen molar-refractivity contribution in [2.24, 2.45) is 11.7 Å². The number of benzene rings is 1. The highest BCUT2D eigenvalue weighted by Crippen LogP contribution is 2.39. The van der Waals surface area contributed by atoms with Crippen LogP contribution in [0.25, 0.3) is 0 Å². The Balaban J connectivity index is 1.56. The summed E-state index contributed by atoms with van der Waals surface area (Å²) in [5, 5.41) is 3.47. The van der Waals surface area contributed by atoms with Crippen molar-refractivity contribution >= 4 is 28.2 Å². The maximum absolute atomic E-state index is 12.4. The Labute approximate surface area is 169 Å². The zero-order chi connectivity index (χ0) is 20.1. The largest absolute Gasteiger partial charge is 0.493 e.